The maximum Gasteiger partial charge on any atom is 1.00 e. The van der Waals surface area contributed by atoms with E-state index in [1.807, 2.05) is 95.3 Å². The molecule has 2 aromatic carbocycles. The SMILES string of the molecule is CC[C@@H](/C=N/NC(=O)NCC1CCC(C(=O)NC)CC1)NC(=O)[C@@H]1C[C@@H](OCc2ccccc2)CN1C(=O)[C@@H]([NH-])C(C)C.CC[C@@H](C=O)NC(=O)[C@@H]1C[C@@H](OCc2ccccc2)CN1C(=O)[C@@H]([NH-])C(C)C.[3H-].[3H-].[K+].[K+]. The molecule has 0 unspecified atom stereocenters. The fourth-order valence-corrected chi connectivity index (χ4v) is 8.66. The van der Waals surface area contributed by atoms with Crippen LogP contribution in [0.1, 0.15) is 107 Å². The third-order valence-corrected chi connectivity index (χ3v) is 13.4. The van der Waals surface area contributed by atoms with Gasteiger partial charge < -0.3 is 59.7 Å². The minimum absolute atomic E-state index is 0. The van der Waals surface area contributed by atoms with Crippen LogP contribution in [0.5, 0.6) is 0 Å². The Bertz CT molecular complexity index is 2060. The first-order chi connectivity index (χ1) is 34.0. The number of hydrogen-bond acceptors (Lipinski definition) is 10. The van der Waals surface area contributed by atoms with Gasteiger partial charge in [-0.2, -0.15) is 5.10 Å². The second-order valence-electron chi connectivity index (χ2n) is 19.4. The first-order valence-electron chi connectivity index (χ1n) is 25.2. The molecule has 73 heavy (non-hydrogen) atoms. The topological polar surface area (TPSA) is 265 Å². The maximum atomic E-state index is 13.4. The number of carbonyl (C=O) groups excluding carboxylic acids is 7. The van der Waals surface area contributed by atoms with Crippen molar-refractivity contribution in [3.63, 3.8) is 0 Å². The molecule has 7 amide bonds. The number of amides is 7. The predicted molar refractivity (Wildman–Crippen MR) is 273 cm³/mol. The van der Waals surface area contributed by atoms with Crippen LogP contribution in [0.2, 0.25) is 0 Å². The van der Waals surface area contributed by atoms with Crippen LogP contribution in [0.15, 0.2) is 65.8 Å². The van der Waals surface area contributed by atoms with Gasteiger partial charge in [-0.15, -0.1) is 0 Å². The van der Waals surface area contributed by atoms with Gasteiger partial charge in [0.1, 0.15) is 18.4 Å². The molecule has 396 valence electrons. The molecular formula is C52H80K2N10O9-2. The van der Waals surface area contributed by atoms with Crippen molar-refractivity contribution in [2.24, 2.45) is 28.8 Å². The fourth-order valence-electron chi connectivity index (χ4n) is 8.66. The number of benzene rings is 2. The van der Waals surface area contributed by atoms with Gasteiger partial charge >= 0.3 is 109 Å². The molecule has 19 nitrogen and oxygen atoms in total. The molecule has 0 spiro atoms. The van der Waals surface area contributed by atoms with Crippen LogP contribution in [0.3, 0.4) is 0 Å². The first-order valence-corrected chi connectivity index (χ1v) is 25.2. The van der Waals surface area contributed by atoms with Crippen LogP contribution < -0.4 is 129 Å². The van der Waals surface area contributed by atoms with Crippen LogP contribution in [0.25, 0.3) is 11.5 Å². The Hall–Kier alpha value is -2.49. The molecule has 5 rings (SSSR count). The van der Waals surface area contributed by atoms with Gasteiger partial charge in [-0.25, -0.2) is 10.2 Å². The van der Waals surface area contributed by atoms with E-state index in [-0.39, 0.29) is 178 Å². The summed E-state index contributed by atoms with van der Waals surface area (Å²) in [4.78, 5) is 90.1. The number of nitrogens with one attached hydrogen (secondary N) is 7. The Labute approximate surface area is 520 Å². The van der Waals surface area contributed by atoms with Crippen LogP contribution in [-0.4, -0.2) is 133 Å². The zero-order valence-corrected chi connectivity index (χ0v) is 50.8. The van der Waals surface area contributed by atoms with Gasteiger partial charge in [-0.1, -0.05) is 126 Å². The van der Waals surface area contributed by atoms with Crippen molar-refractivity contribution in [2.75, 3.05) is 26.7 Å². The van der Waals surface area contributed by atoms with Crippen LogP contribution in [-0.2, 0) is 51.5 Å². The number of hydrogen-bond donors (Lipinski definition) is 5. The van der Waals surface area contributed by atoms with Gasteiger partial charge in [0.2, 0.25) is 29.5 Å². The average Bonchev–Trinajstić information content (AvgIpc) is 4.03. The Kier molecular flexibility index (Phi) is 32.0. The zero-order chi connectivity index (χ0) is 52.0. The van der Waals surface area contributed by atoms with E-state index in [2.05, 4.69) is 31.8 Å². The molecule has 2 saturated heterocycles. The Balaban J connectivity index is 0.00000150. The molecule has 2 aliphatic heterocycles. The normalized spacial score (nSPS) is 22.1. The number of hydrazone groups is 1. The Morgan fingerprint density at radius 1 is 0.699 bits per heavy atom. The monoisotopic (exact) mass is 1070 g/mol. The number of rotatable bonds is 22. The standard InChI is InChI=1S/C31H48N7O5.C21H30N3O4.2K.2H/c1-5-24(17-35-37-31(42)34-16-21-11-13-23(14-12-21)28(39)33-4)36-29(40)26-15-25(43-19-22-9-7-6-8-10-22)18-38(26)30(41)27(32)20(2)3;1-4-16(12-25)23-20(26)18-10-17(28-13-15-8-6-5-7-9-15)11-24(18)21(27)19(22)14(2)3;;;;/h6-10,17,20-21,23-27,32H,5,11-16,18-19H2,1-4H3,(H,33,39)(H,36,40)(H2,34,37,42);5-9,12,14,16-19,22H,4,10-11,13H2,1-3H3,(H,23,26);;;;/q2*-1;2*+1;2*-1/b35-17+;;;;;/t21?,23?,24-,25+,26-,27-;16-,17+,18-,19-;;;;/m00..../s1/i;;;;2*1+2. The number of ether oxygens (including phenoxy) is 2. The van der Waals surface area contributed by atoms with E-state index < -0.39 is 42.3 Å². The Morgan fingerprint density at radius 2 is 1.14 bits per heavy atom. The molecule has 3 aliphatic rings. The van der Waals surface area contributed by atoms with E-state index in [4.69, 9.17) is 20.9 Å². The number of urea groups is 1. The van der Waals surface area contributed by atoms with Gasteiger partial charge in [0.15, 0.2) is 0 Å². The molecular weight excluding hydrogens is 987 g/mol. The fraction of sp³-hybridized carbons (Fsp3) is 0.615. The molecule has 3 fully saturated rings. The van der Waals surface area contributed by atoms with E-state index in [0.717, 1.165) is 36.8 Å². The quantitative estimate of drug-likeness (QED) is 0.0443. The number of likely N-dealkylation sites (tertiary alicyclic amines) is 2. The summed E-state index contributed by atoms with van der Waals surface area (Å²) in [6.45, 7) is 12.7. The van der Waals surface area contributed by atoms with Crippen LogP contribution in [0, 0.1) is 23.7 Å². The molecule has 0 radical (unpaired) electrons. The average molecular weight is 1070 g/mol. The predicted octanol–water partition coefficient (Wildman–Crippen LogP) is -0.442. The molecule has 1 saturated carbocycles. The summed E-state index contributed by atoms with van der Waals surface area (Å²) in [6.07, 6.45) is 6.60. The molecule has 2 aromatic rings. The summed E-state index contributed by atoms with van der Waals surface area (Å²) in [6, 6.07) is 14.5. The van der Waals surface area contributed by atoms with Gasteiger partial charge in [0, 0.05) is 51.7 Å². The molecule has 21 heteroatoms. The second kappa shape index (κ2) is 35.0. The number of nitrogens with zero attached hydrogens (tertiary/aromatic N) is 3. The van der Waals surface area contributed by atoms with E-state index in [9.17, 15) is 33.6 Å². The largest absolute Gasteiger partial charge is 1.00 e. The van der Waals surface area contributed by atoms with E-state index in [1.54, 1.807) is 14.0 Å². The Morgan fingerprint density at radius 3 is 1.53 bits per heavy atom. The number of aldehydes is 1. The maximum absolute atomic E-state index is 13.4. The van der Waals surface area contributed by atoms with Crippen molar-refractivity contribution >= 4 is 48.1 Å². The van der Waals surface area contributed by atoms with E-state index in [1.165, 1.54) is 16.0 Å². The molecule has 2 heterocycles. The minimum atomic E-state index is -0.972. The van der Waals surface area contributed by atoms with Crippen molar-refractivity contribution in [1.82, 2.24) is 36.5 Å². The summed E-state index contributed by atoms with van der Waals surface area (Å²) in [5.74, 6) is -1.37. The third-order valence-electron chi connectivity index (χ3n) is 13.4. The van der Waals surface area contributed by atoms with Crippen LogP contribution in [0.4, 0.5) is 4.79 Å². The van der Waals surface area contributed by atoms with Gasteiger partial charge in [0.05, 0.1) is 37.5 Å². The van der Waals surface area contributed by atoms with Gasteiger partial charge in [-0.3, -0.25) is 24.0 Å². The van der Waals surface area contributed by atoms with Crippen molar-refractivity contribution in [3.05, 3.63) is 83.3 Å². The summed E-state index contributed by atoms with van der Waals surface area (Å²) in [5, 5.41) is 15.2. The number of carbonyl (C=O) groups is 7. The van der Waals surface area contributed by atoms with Crippen molar-refractivity contribution < 1.29 is 149 Å². The minimum Gasteiger partial charge on any atom is -1.00 e. The van der Waals surface area contributed by atoms with E-state index >= 15 is 0 Å². The second-order valence-corrected chi connectivity index (χ2v) is 19.4. The first kappa shape index (κ1) is 66.6. The molecule has 1 aliphatic carbocycles. The molecule has 8 atom stereocenters. The summed E-state index contributed by atoms with van der Waals surface area (Å²) < 4.78 is 12.0. The summed E-state index contributed by atoms with van der Waals surface area (Å²) in [7, 11) is 1.65. The summed E-state index contributed by atoms with van der Waals surface area (Å²) >= 11 is 0. The van der Waals surface area contributed by atoms with Gasteiger partial charge in [0.25, 0.3) is 0 Å². The van der Waals surface area contributed by atoms with Crippen molar-refractivity contribution in [1.29, 1.82) is 0 Å². The van der Waals surface area contributed by atoms with E-state index in [0.29, 0.717) is 57.6 Å². The zero-order valence-electron chi connectivity index (χ0n) is 46.6. The van der Waals surface area contributed by atoms with Crippen molar-refractivity contribution in [3.8, 4) is 0 Å². The molecule has 0 aromatic heterocycles. The molecule has 7 N–H and O–H groups in total. The smallest absolute Gasteiger partial charge is 1.00 e. The van der Waals surface area contributed by atoms with Gasteiger partial charge in [-0.05, 0) is 55.6 Å². The third kappa shape index (κ3) is 21.8. The van der Waals surface area contributed by atoms with Crippen LogP contribution >= 0.6 is 0 Å². The summed E-state index contributed by atoms with van der Waals surface area (Å²) in [5.41, 5.74) is 20.9. The molecule has 0 bridgehead atoms. The van der Waals surface area contributed by atoms with Crippen molar-refractivity contribution in [2.45, 2.75) is 155 Å².